The fourth-order valence-corrected chi connectivity index (χ4v) is 4.25. The van der Waals surface area contributed by atoms with Gasteiger partial charge in [0.25, 0.3) is 0 Å². The van der Waals surface area contributed by atoms with Gasteiger partial charge < -0.3 is 9.47 Å². The minimum Gasteiger partial charge on any atom is -0.484 e. The number of ether oxygens (including phenoxy) is 2. The Hall–Kier alpha value is -1.73. The van der Waals surface area contributed by atoms with Gasteiger partial charge in [-0.3, -0.25) is 9.36 Å². The molecule has 0 amide bonds. The van der Waals surface area contributed by atoms with Gasteiger partial charge in [-0.05, 0) is 31.9 Å². The van der Waals surface area contributed by atoms with Crippen LogP contribution >= 0.6 is 23.4 Å². The molecular weight excluding hydrogens is 362 g/mol. The monoisotopic (exact) mass is 379 g/mol. The summed E-state index contributed by atoms with van der Waals surface area (Å²) in [6, 6.07) is 7.74. The lowest BCUT2D eigenvalue weighted by atomic mass is 10.3. The molecule has 25 heavy (non-hydrogen) atoms. The van der Waals surface area contributed by atoms with E-state index in [2.05, 4.69) is 14.8 Å². The molecular formula is C17H18ClN3O3S. The van der Waals surface area contributed by atoms with Crippen molar-refractivity contribution in [3.05, 3.63) is 35.1 Å². The van der Waals surface area contributed by atoms with E-state index in [1.54, 1.807) is 6.07 Å². The Morgan fingerprint density at radius 2 is 2.16 bits per heavy atom. The van der Waals surface area contributed by atoms with Crippen molar-refractivity contribution < 1.29 is 14.3 Å². The van der Waals surface area contributed by atoms with Crippen LogP contribution in [0.3, 0.4) is 0 Å². The van der Waals surface area contributed by atoms with E-state index >= 15 is 0 Å². The Morgan fingerprint density at radius 1 is 1.36 bits per heavy atom. The number of para-hydroxylation sites is 1. The Balaban J connectivity index is 1.50. The first-order chi connectivity index (χ1) is 12.1. The number of carbonyl (C=O) groups is 1. The number of cyclic esters (lactones) is 1. The molecule has 8 heteroatoms. The normalized spacial score (nSPS) is 22.9. The zero-order valence-corrected chi connectivity index (χ0v) is 15.3. The van der Waals surface area contributed by atoms with E-state index in [9.17, 15) is 4.79 Å². The highest BCUT2D eigenvalue weighted by molar-refractivity contribution is 8.00. The van der Waals surface area contributed by atoms with Gasteiger partial charge in [0.15, 0.2) is 11.0 Å². The summed E-state index contributed by atoms with van der Waals surface area (Å²) in [7, 11) is 0. The van der Waals surface area contributed by atoms with Crippen molar-refractivity contribution in [1.29, 1.82) is 0 Å². The first-order valence-corrected chi connectivity index (χ1v) is 9.56. The van der Waals surface area contributed by atoms with E-state index in [0.717, 1.165) is 23.8 Å². The Labute approximate surface area is 154 Å². The van der Waals surface area contributed by atoms with Crippen molar-refractivity contribution in [1.82, 2.24) is 14.8 Å². The van der Waals surface area contributed by atoms with E-state index in [1.165, 1.54) is 11.8 Å². The third kappa shape index (κ3) is 3.62. The summed E-state index contributed by atoms with van der Waals surface area (Å²) in [5, 5.41) is 9.68. The Morgan fingerprint density at radius 3 is 2.84 bits per heavy atom. The highest BCUT2D eigenvalue weighted by Crippen LogP contribution is 2.41. The lowest BCUT2D eigenvalue weighted by Gasteiger charge is -2.11. The molecule has 4 rings (SSSR count). The van der Waals surface area contributed by atoms with E-state index in [-0.39, 0.29) is 17.3 Å². The van der Waals surface area contributed by atoms with Crippen LogP contribution in [0.5, 0.6) is 5.75 Å². The van der Waals surface area contributed by atoms with Crippen molar-refractivity contribution >= 4 is 29.3 Å². The number of esters is 1. The Bertz CT molecular complexity index is 793. The van der Waals surface area contributed by atoms with E-state index in [4.69, 9.17) is 21.1 Å². The van der Waals surface area contributed by atoms with Gasteiger partial charge in [-0.25, -0.2) is 0 Å². The average molecular weight is 380 g/mol. The molecule has 1 aliphatic carbocycles. The zero-order valence-electron chi connectivity index (χ0n) is 13.7. The van der Waals surface area contributed by atoms with Gasteiger partial charge >= 0.3 is 5.97 Å². The van der Waals surface area contributed by atoms with Gasteiger partial charge in [0.05, 0.1) is 5.02 Å². The van der Waals surface area contributed by atoms with Crippen LogP contribution in [0.1, 0.15) is 38.1 Å². The molecule has 2 unspecified atom stereocenters. The largest absolute Gasteiger partial charge is 0.484 e. The predicted molar refractivity (Wildman–Crippen MR) is 93.9 cm³/mol. The summed E-state index contributed by atoms with van der Waals surface area (Å²) >= 11 is 7.57. The van der Waals surface area contributed by atoms with E-state index in [0.29, 0.717) is 29.8 Å². The molecule has 2 fully saturated rings. The summed E-state index contributed by atoms with van der Waals surface area (Å²) in [6.07, 6.45) is 2.85. The number of aromatic nitrogens is 3. The number of benzene rings is 1. The number of hydrogen-bond acceptors (Lipinski definition) is 6. The summed E-state index contributed by atoms with van der Waals surface area (Å²) in [4.78, 5) is 11.9. The fraction of sp³-hybridized carbons (Fsp3) is 0.471. The first kappa shape index (κ1) is 16.7. The molecule has 6 nitrogen and oxygen atoms in total. The molecule has 0 bridgehead atoms. The van der Waals surface area contributed by atoms with Gasteiger partial charge in [0.1, 0.15) is 23.7 Å². The lowest BCUT2D eigenvalue weighted by Crippen LogP contribution is -2.12. The molecule has 2 heterocycles. The van der Waals surface area contributed by atoms with Crippen molar-refractivity contribution in [2.45, 2.75) is 55.3 Å². The number of thioether (sulfide) groups is 1. The maximum Gasteiger partial charge on any atom is 0.319 e. The number of hydrogen-bond donors (Lipinski definition) is 0. The molecule has 2 atom stereocenters. The molecule has 2 aromatic rings. The SMILES string of the molecule is CC1CC(Sc2nnc(COc3ccccc3Cl)n2C2CC2)C(=O)O1. The fourth-order valence-electron chi connectivity index (χ4n) is 2.83. The molecule has 0 N–H and O–H groups in total. The second kappa shape index (κ2) is 6.88. The Kier molecular flexibility index (Phi) is 4.60. The van der Waals surface area contributed by atoms with Crippen molar-refractivity contribution in [3.63, 3.8) is 0 Å². The number of rotatable bonds is 6. The van der Waals surface area contributed by atoms with Crippen molar-refractivity contribution in [2.24, 2.45) is 0 Å². The molecule has 1 aromatic carbocycles. The van der Waals surface area contributed by atoms with E-state index in [1.807, 2.05) is 25.1 Å². The number of halogens is 1. The van der Waals surface area contributed by atoms with Crippen molar-refractivity contribution in [2.75, 3.05) is 0 Å². The summed E-state index contributed by atoms with van der Waals surface area (Å²) in [6.45, 7) is 2.20. The summed E-state index contributed by atoms with van der Waals surface area (Å²) in [5.74, 6) is 1.21. The number of carbonyl (C=O) groups excluding carboxylic acids is 1. The van der Waals surface area contributed by atoms with Crippen LogP contribution in [-0.2, 0) is 16.1 Å². The summed E-state index contributed by atoms with van der Waals surface area (Å²) < 4.78 is 13.1. The molecule has 0 radical (unpaired) electrons. The molecule has 1 saturated heterocycles. The highest BCUT2D eigenvalue weighted by Gasteiger charge is 2.36. The van der Waals surface area contributed by atoms with Crippen LogP contribution in [0.25, 0.3) is 0 Å². The van der Waals surface area contributed by atoms with Crippen LogP contribution in [0.2, 0.25) is 5.02 Å². The molecule has 0 spiro atoms. The summed E-state index contributed by atoms with van der Waals surface area (Å²) in [5.41, 5.74) is 0. The molecule has 132 valence electrons. The van der Waals surface area contributed by atoms with Gasteiger partial charge in [0, 0.05) is 12.5 Å². The van der Waals surface area contributed by atoms with E-state index < -0.39 is 0 Å². The van der Waals surface area contributed by atoms with Gasteiger partial charge in [-0.1, -0.05) is 35.5 Å². The van der Waals surface area contributed by atoms with Gasteiger partial charge in [-0.2, -0.15) is 0 Å². The maximum absolute atomic E-state index is 11.9. The van der Waals surface area contributed by atoms with Crippen LogP contribution in [0.4, 0.5) is 0 Å². The molecule has 1 aliphatic heterocycles. The average Bonchev–Trinajstić information content (AvgIpc) is 3.27. The number of nitrogens with zero attached hydrogens (tertiary/aromatic N) is 3. The van der Waals surface area contributed by atoms with Crippen molar-refractivity contribution in [3.8, 4) is 5.75 Å². The third-order valence-electron chi connectivity index (χ3n) is 4.21. The molecule has 2 aliphatic rings. The molecule has 1 aromatic heterocycles. The maximum atomic E-state index is 11.9. The minimum atomic E-state index is -0.214. The standard InChI is InChI=1S/C17H18ClN3O3S/c1-10-8-14(16(22)24-10)25-17-20-19-15(21(17)11-6-7-11)9-23-13-5-3-2-4-12(13)18/h2-5,10-11,14H,6-9H2,1H3. The van der Waals surface area contributed by atoms with Gasteiger partial charge in [-0.15, -0.1) is 10.2 Å². The van der Waals surface area contributed by atoms with Crippen LogP contribution < -0.4 is 4.74 Å². The van der Waals surface area contributed by atoms with Gasteiger partial charge in [0.2, 0.25) is 0 Å². The molecule has 1 saturated carbocycles. The van der Waals surface area contributed by atoms with Crippen LogP contribution in [0.15, 0.2) is 29.4 Å². The predicted octanol–water partition coefficient (Wildman–Crippen LogP) is 3.64. The highest BCUT2D eigenvalue weighted by atomic mass is 35.5. The van der Waals surface area contributed by atoms with Crippen LogP contribution in [-0.4, -0.2) is 32.1 Å². The van der Waals surface area contributed by atoms with Crippen LogP contribution in [0, 0.1) is 0 Å². The quantitative estimate of drug-likeness (QED) is 0.714. The topological polar surface area (TPSA) is 66.2 Å². The smallest absolute Gasteiger partial charge is 0.319 e. The third-order valence-corrected chi connectivity index (χ3v) is 5.69. The minimum absolute atomic E-state index is 0.0367. The second-order valence-electron chi connectivity index (χ2n) is 6.31. The lowest BCUT2D eigenvalue weighted by molar-refractivity contribution is -0.140. The second-order valence-corrected chi connectivity index (χ2v) is 7.89. The zero-order chi connectivity index (χ0) is 17.4. The first-order valence-electron chi connectivity index (χ1n) is 8.30.